The van der Waals surface area contributed by atoms with Crippen LogP contribution in [0.3, 0.4) is 0 Å². The predicted molar refractivity (Wildman–Crippen MR) is 83.0 cm³/mol. The molecule has 2 aromatic rings. The highest BCUT2D eigenvalue weighted by atomic mass is 19.1. The molecule has 4 nitrogen and oxygen atoms in total. The highest BCUT2D eigenvalue weighted by Gasteiger charge is 2.17. The van der Waals surface area contributed by atoms with Crippen LogP contribution in [0.5, 0.6) is 0 Å². The van der Waals surface area contributed by atoms with Crippen LogP contribution in [0.1, 0.15) is 31.2 Å². The van der Waals surface area contributed by atoms with Crippen molar-refractivity contribution in [3.05, 3.63) is 62.7 Å². The smallest absolute Gasteiger partial charge is 0.309 e. The minimum absolute atomic E-state index is 0.373. The molecule has 1 heterocycles. The number of hydrogen-bond donors (Lipinski definition) is 0. The summed E-state index contributed by atoms with van der Waals surface area (Å²) in [6.07, 6.45) is 7.78. The lowest BCUT2D eigenvalue weighted by Crippen LogP contribution is -2.40. The van der Waals surface area contributed by atoms with E-state index in [1.165, 1.54) is 28.0 Å². The van der Waals surface area contributed by atoms with Crippen LogP contribution < -0.4 is 11.1 Å². The first-order chi connectivity index (χ1) is 10.6. The standard InChI is InChI=1S/C17H19FN2O2/c1-12-6-7-14(10-15(12)18)20-9-8-19(16(21)17(20)22)11-13-4-2-3-5-13/h6-10,13H,2-5,11H2,1H3. The van der Waals surface area contributed by atoms with E-state index in [9.17, 15) is 14.0 Å². The molecule has 0 bridgehead atoms. The highest BCUT2D eigenvalue weighted by molar-refractivity contribution is 5.35. The number of hydrogen-bond acceptors (Lipinski definition) is 2. The van der Waals surface area contributed by atoms with E-state index in [-0.39, 0.29) is 5.82 Å². The molecule has 0 aliphatic heterocycles. The van der Waals surface area contributed by atoms with Gasteiger partial charge in [0, 0.05) is 18.9 Å². The second kappa shape index (κ2) is 5.91. The molecule has 0 saturated heterocycles. The summed E-state index contributed by atoms with van der Waals surface area (Å²) >= 11 is 0. The monoisotopic (exact) mass is 302 g/mol. The van der Waals surface area contributed by atoms with Crippen LogP contribution >= 0.6 is 0 Å². The van der Waals surface area contributed by atoms with Gasteiger partial charge in [-0.15, -0.1) is 0 Å². The summed E-state index contributed by atoms with van der Waals surface area (Å²) in [5.41, 5.74) is -0.302. The van der Waals surface area contributed by atoms with Crippen LogP contribution in [-0.4, -0.2) is 9.13 Å². The third kappa shape index (κ3) is 2.75. The fraction of sp³-hybridized carbons (Fsp3) is 0.412. The third-order valence-electron chi connectivity index (χ3n) is 4.42. The first kappa shape index (κ1) is 14.8. The molecule has 1 aromatic carbocycles. The molecule has 1 aliphatic carbocycles. The number of rotatable bonds is 3. The average molecular weight is 302 g/mol. The predicted octanol–water partition coefficient (Wildman–Crippen LogP) is 2.64. The molecule has 0 amide bonds. The fourth-order valence-electron chi connectivity index (χ4n) is 3.06. The Balaban J connectivity index is 1.97. The lowest BCUT2D eigenvalue weighted by molar-refractivity contribution is 0.444. The molecule has 116 valence electrons. The molecule has 3 rings (SSSR count). The number of aryl methyl sites for hydroxylation is 1. The van der Waals surface area contributed by atoms with Crippen molar-refractivity contribution >= 4 is 0 Å². The maximum absolute atomic E-state index is 13.6. The summed E-state index contributed by atoms with van der Waals surface area (Å²) in [6.45, 7) is 2.25. The Kier molecular flexibility index (Phi) is 3.96. The van der Waals surface area contributed by atoms with Gasteiger partial charge in [-0.05, 0) is 43.4 Å². The SMILES string of the molecule is Cc1ccc(-n2ccn(CC3CCCC3)c(=O)c2=O)cc1F. The van der Waals surface area contributed by atoms with Crippen molar-refractivity contribution < 1.29 is 4.39 Å². The first-order valence-electron chi connectivity index (χ1n) is 7.65. The Labute approximate surface area is 127 Å². The first-order valence-corrected chi connectivity index (χ1v) is 7.65. The lowest BCUT2D eigenvalue weighted by atomic mass is 10.1. The zero-order valence-corrected chi connectivity index (χ0v) is 12.6. The molecule has 0 radical (unpaired) electrons. The van der Waals surface area contributed by atoms with Crippen molar-refractivity contribution in [2.24, 2.45) is 5.92 Å². The normalized spacial score (nSPS) is 15.4. The summed E-state index contributed by atoms with van der Waals surface area (Å²) in [5.74, 6) is 0.0873. The molecular formula is C17H19FN2O2. The van der Waals surface area contributed by atoms with Gasteiger partial charge < -0.3 is 4.57 Å². The van der Waals surface area contributed by atoms with Crippen LogP contribution in [0.15, 0.2) is 40.2 Å². The minimum atomic E-state index is -0.635. The largest absolute Gasteiger partial charge is 0.320 e. The lowest BCUT2D eigenvalue weighted by Gasteiger charge is -2.13. The van der Waals surface area contributed by atoms with Crippen LogP contribution in [0.4, 0.5) is 4.39 Å². The van der Waals surface area contributed by atoms with Crippen molar-refractivity contribution in [2.75, 3.05) is 0 Å². The molecule has 0 N–H and O–H groups in total. The van der Waals surface area contributed by atoms with Gasteiger partial charge in [0.25, 0.3) is 0 Å². The summed E-state index contributed by atoms with van der Waals surface area (Å²) in [7, 11) is 0. The Bertz CT molecular complexity index is 801. The summed E-state index contributed by atoms with van der Waals surface area (Å²) in [6, 6.07) is 4.51. The summed E-state index contributed by atoms with van der Waals surface area (Å²) in [5, 5.41) is 0. The fourth-order valence-corrected chi connectivity index (χ4v) is 3.06. The van der Waals surface area contributed by atoms with Gasteiger partial charge in [-0.1, -0.05) is 18.9 Å². The average Bonchev–Trinajstić information content (AvgIpc) is 3.00. The van der Waals surface area contributed by atoms with Crippen molar-refractivity contribution in [3.8, 4) is 5.69 Å². The zero-order chi connectivity index (χ0) is 15.7. The zero-order valence-electron chi connectivity index (χ0n) is 12.6. The van der Waals surface area contributed by atoms with Crippen molar-refractivity contribution in [1.29, 1.82) is 0 Å². The van der Waals surface area contributed by atoms with Crippen molar-refractivity contribution in [1.82, 2.24) is 9.13 Å². The third-order valence-corrected chi connectivity index (χ3v) is 4.42. The summed E-state index contributed by atoms with van der Waals surface area (Å²) < 4.78 is 16.3. The van der Waals surface area contributed by atoms with Crippen LogP contribution in [0, 0.1) is 18.7 Å². The van der Waals surface area contributed by atoms with E-state index in [4.69, 9.17) is 0 Å². The van der Waals surface area contributed by atoms with E-state index in [0.717, 1.165) is 12.8 Å². The Hall–Kier alpha value is -2.17. The summed E-state index contributed by atoms with van der Waals surface area (Å²) in [4.78, 5) is 24.5. The van der Waals surface area contributed by atoms with Gasteiger partial charge in [-0.2, -0.15) is 0 Å². The van der Waals surface area contributed by atoms with Crippen LogP contribution in [0.2, 0.25) is 0 Å². The van der Waals surface area contributed by atoms with Gasteiger partial charge in [-0.25, -0.2) is 4.39 Å². The number of benzene rings is 1. The highest BCUT2D eigenvalue weighted by Crippen LogP contribution is 2.25. The van der Waals surface area contributed by atoms with E-state index < -0.39 is 11.1 Å². The van der Waals surface area contributed by atoms with Crippen molar-refractivity contribution in [3.63, 3.8) is 0 Å². The quantitative estimate of drug-likeness (QED) is 0.818. The molecule has 1 fully saturated rings. The van der Waals surface area contributed by atoms with Gasteiger partial charge in [0.2, 0.25) is 0 Å². The molecule has 0 atom stereocenters. The Morgan fingerprint density at radius 1 is 1.14 bits per heavy atom. The minimum Gasteiger partial charge on any atom is -0.309 e. The molecular weight excluding hydrogens is 283 g/mol. The van der Waals surface area contributed by atoms with Gasteiger partial charge >= 0.3 is 11.1 Å². The Morgan fingerprint density at radius 2 is 1.86 bits per heavy atom. The number of aromatic nitrogens is 2. The number of halogens is 1. The van der Waals surface area contributed by atoms with Gasteiger partial charge in [0.15, 0.2) is 0 Å². The van der Waals surface area contributed by atoms with Crippen LogP contribution in [0.25, 0.3) is 5.69 Å². The maximum Gasteiger partial charge on any atom is 0.320 e. The molecule has 1 saturated carbocycles. The molecule has 22 heavy (non-hydrogen) atoms. The van der Waals surface area contributed by atoms with Gasteiger partial charge in [0.1, 0.15) is 5.82 Å². The number of nitrogens with zero attached hydrogens (tertiary/aromatic N) is 2. The second-order valence-electron chi connectivity index (χ2n) is 6.01. The molecule has 1 aliphatic rings. The van der Waals surface area contributed by atoms with E-state index in [1.807, 2.05) is 0 Å². The molecule has 5 heteroatoms. The Morgan fingerprint density at radius 3 is 2.55 bits per heavy atom. The van der Waals surface area contributed by atoms with Crippen LogP contribution in [-0.2, 0) is 6.54 Å². The van der Waals surface area contributed by atoms with E-state index in [1.54, 1.807) is 31.5 Å². The van der Waals surface area contributed by atoms with Gasteiger partial charge in [-0.3, -0.25) is 14.2 Å². The van der Waals surface area contributed by atoms with Gasteiger partial charge in [0.05, 0.1) is 5.69 Å². The van der Waals surface area contributed by atoms with E-state index >= 15 is 0 Å². The van der Waals surface area contributed by atoms with Crippen molar-refractivity contribution in [2.45, 2.75) is 39.2 Å². The van der Waals surface area contributed by atoms with E-state index in [0.29, 0.717) is 23.7 Å². The molecule has 0 unspecified atom stereocenters. The van der Waals surface area contributed by atoms with E-state index in [2.05, 4.69) is 0 Å². The second-order valence-corrected chi connectivity index (χ2v) is 6.01. The molecule has 0 spiro atoms. The molecule has 1 aromatic heterocycles. The topological polar surface area (TPSA) is 44.0 Å². The maximum atomic E-state index is 13.6.